The summed E-state index contributed by atoms with van der Waals surface area (Å²) < 4.78 is 25.3. The molecule has 3 fully saturated rings. The number of carbonyl (C=O) groups is 2. The summed E-state index contributed by atoms with van der Waals surface area (Å²) in [6.07, 6.45) is 9.24. The molecule has 194 valence electrons. The van der Waals surface area contributed by atoms with Gasteiger partial charge >= 0.3 is 0 Å². The number of morpholine rings is 1. The van der Waals surface area contributed by atoms with Gasteiger partial charge in [-0.05, 0) is 43.7 Å². The van der Waals surface area contributed by atoms with Crippen molar-refractivity contribution in [1.82, 2.24) is 15.5 Å². The molecule has 2 aliphatic heterocycles. The lowest BCUT2D eigenvalue weighted by Gasteiger charge is -2.46. The van der Waals surface area contributed by atoms with Crippen molar-refractivity contribution in [2.45, 2.75) is 81.7 Å². The molecule has 7 nitrogen and oxygen atoms in total. The zero-order valence-corrected chi connectivity index (χ0v) is 21.0. The standard InChI is InChI=1S/C27H40FN3O4/c1-34-22-7-6-21(23(28)18-22)19-26(13-9-25(33)30-26)12-8-24(32)29-20-27(10-4-2-3-5-11-27)31-14-16-35-17-15-31/h6-7,18H,2-5,8-17,19-20H2,1H3,(H,29,32)(H,30,33)/t26-/m0/s1. The van der Waals surface area contributed by atoms with Gasteiger partial charge in [-0.15, -0.1) is 0 Å². The second-order valence-corrected chi connectivity index (χ2v) is 10.5. The molecule has 35 heavy (non-hydrogen) atoms. The van der Waals surface area contributed by atoms with Crippen LogP contribution >= 0.6 is 0 Å². The minimum atomic E-state index is -0.603. The number of ether oxygens (including phenoxy) is 2. The van der Waals surface area contributed by atoms with Crippen LogP contribution in [0.15, 0.2) is 18.2 Å². The van der Waals surface area contributed by atoms with Crippen LogP contribution in [0.2, 0.25) is 0 Å². The van der Waals surface area contributed by atoms with Gasteiger partial charge in [-0.3, -0.25) is 14.5 Å². The number of benzene rings is 1. The van der Waals surface area contributed by atoms with Crippen LogP contribution in [0.4, 0.5) is 4.39 Å². The van der Waals surface area contributed by atoms with Crippen molar-refractivity contribution in [3.63, 3.8) is 0 Å². The van der Waals surface area contributed by atoms with E-state index in [0.29, 0.717) is 50.0 Å². The molecule has 0 aromatic heterocycles. The zero-order chi connectivity index (χ0) is 24.7. The summed E-state index contributed by atoms with van der Waals surface area (Å²) >= 11 is 0. The fourth-order valence-electron chi connectivity index (χ4n) is 6.08. The van der Waals surface area contributed by atoms with E-state index in [1.165, 1.54) is 38.9 Å². The Morgan fingerprint density at radius 2 is 1.91 bits per heavy atom. The Hall–Kier alpha value is -2.19. The average molecular weight is 490 g/mol. The molecule has 1 aromatic carbocycles. The van der Waals surface area contributed by atoms with Gasteiger partial charge in [-0.1, -0.05) is 31.7 Å². The molecule has 1 saturated carbocycles. The third-order valence-electron chi connectivity index (χ3n) is 8.19. The Kier molecular flexibility index (Phi) is 8.65. The second-order valence-electron chi connectivity index (χ2n) is 10.5. The minimum absolute atomic E-state index is 0.00141. The van der Waals surface area contributed by atoms with E-state index in [1.807, 2.05) is 0 Å². The number of carbonyl (C=O) groups excluding carboxylic acids is 2. The molecular formula is C27H40FN3O4. The van der Waals surface area contributed by atoms with Crippen molar-refractivity contribution in [1.29, 1.82) is 0 Å². The highest BCUT2D eigenvalue weighted by Gasteiger charge is 2.40. The number of rotatable bonds is 9. The van der Waals surface area contributed by atoms with Crippen LogP contribution in [0, 0.1) is 5.82 Å². The summed E-state index contributed by atoms with van der Waals surface area (Å²) in [5.74, 6) is 0.0691. The van der Waals surface area contributed by atoms with E-state index in [2.05, 4.69) is 15.5 Å². The molecule has 0 radical (unpaired) electrons. The molecule has 1 atom stereocenters. The van der Waals surface area contributed by atoms with E-state index >= 15 is 0 Å². The van der Waals surface area contributed by atoms with Crippen molar-refractivity contribution < 1.29 is 23.5 Å². The first kappa shape index (κ1) is 25.9. The van der Waals surface area contributed by atoms with Gasteiger partial charge in [0.25, 0.3) is 0 Å². The van der Waals surface area contributed by atoms with Crippen LogP contribution in [0.1, 0.15) is 69.8 Å². The predicted octanol–water partition coefficient (Wildman–Crippen LogP) is 3.35. The number of hydrogen-bond acceptors (Lipinski definition) is 5. The van der Waals surface area contributed by atoms with Gasteiger partial charge in [0, 0.05) is 49.6 Å². The van der Waals surface area contributed by atoms with Gasteiger partial charge < -0.3 is 20.1 Å². The highest BCUT2D eigenvalue weighted by molar-refractivity contribution is 5.80. The van der Waals surface area contributed by atoms with Crippen LogP contribution < -0.4 is 15.4 Å². The van der Waals surface area contributed by atoms with Gasteiger partial charge in [0.15, 0.2) is 0 Å². The third kappa shape index (κ3) is 6.53. The first-order valence-corrected chi connectivity index (χ1v) is 13.2. The van der Waals surface area contributed by atoms with Crippen molar-refractivity contribution in [2.24, 2.45) is 0 Å². The molecule has 8 heteroatoms. The van der Waals surface area contributed by atoms with E-state index in [4.69, 9.17) is 9.47 Å². The van der Waals surface area contributed by atoms with E-state index in [1.54, 1.807) is 12.1 Å². The minimum Gasteiger partial charge on any atom is -0.497 e. The van der Waals surface area contributed by atoms with Crippen molar-refractivity contribution in [2.75, 3.05) is 40.0 Å². The van der Waals surface area contributed by atoms with E-state index < -0.39 is 5.54 Å². The molecule has 1 aromatic rings. The van der Waals surface area contributed by atoms with Gasteiger partial charge in [0.2, 0.25) is 11.8 Å². The lowest BCUT2D eigenvalue weighted by Crippen LogP contribution is -2.58. The van der Waals surface area contributed by atoms with Gasteiger partial charge in [0.1, 0.15) is 11.6 Å². The highest BCUT2D eigenvalue weighted by atomic mass is 19.1. The van der Waals surface area contributed by atoms with Gasteiger partial charge in [0.05, 0.1) is 20.3 Å². The molecule has 1 aliphatic carbocycles. The fraction of sp³-hybridized carbons (Fsp3) is 0.704. The normalized spacial score (nSPS) is 25.0. The van der Waals surface area contributed by atoms with Gasteiger partial charge in [-0.25, -0.2) is 4.39 Å². The average Bonchev–Trinajstić information content (AvgIpc) is 3.08. The van der Waals surface area contributed by atoms with Crippen LogP contribution in [-0.2, 0) is 20.7 Å². The molecule has 2 N–H and O–H groups in total. The summed E-state index contributed by atoms with van der Waals surface area (Å²) in [6.45, 7) is 3.98. The Balaban J connectivity index is 1.38. The number of hydrogen-bond donors (Lipinski definition) is 2. The van der Waals surface area contributed by atoms with Crippen LogP contribution in [0.3, 0.4) is 0 Å². The zero-order valence-electron chi connectivity index (χ0n) is 21.0. The molecule has 0 spiro atoms. The molecule has 2 heterocycles. The molecule has 2 saturated heterocycles. The SMILES string of the molecule is COc1ccc(C[C@]2(CCC(=O)NCC3(N4CCOCC4)CCCCCC3)CCC(=O)N2)c(F)c1. The Labute approximate surface area is 208 Å². The van der Waals surface area contributed by atoms with Crippen molar-refractivity contribution in [3.8, 4) is 5.75 Å². The van der Waals surface area contributed by atoms with Crippen molar-refractivity contribution in [3.05, 3.63) is 29.6 Å². The predicted molar refractivity (Wildman–Crippen MR) is 132 cm³/mol. The molecule has 0 bridgehead atoms. The van der Waals surface area contributed by atoms with Crippen LogP contribution in [-0.4, -0.2) is 67.7 Å². The number of nitrogens with zero attached hydrogens (tertiary/aromatic N) is 1. The highest BCUT2D eigenvalue weighted by Crippen LogP contribution is 2.34. The molecule has 3 aliphatic rings. The third-order valence-corrected chi connectivity index (χ3v) is 8.19. The van der Waals surface area contributed by atoms with E-state index in [-0.39, 0.29) is 23.2 Å². The quantitative estimate of drug-likeness (QED) is 0.520. The lowest BCUT2D eigenvalue weighted by molar-refractivity contribution is -0.123. The van der Waals surface area contributed by atoms with Crippen LogP contribution in [0.5, 0.6) is 5.75 Å². The number of amides is 2. The second kappa shape index (κ2) is 11.7. The van der Waals surface area contributed by atoms with E-state index in [0.717, 1.165) is 39.1 Å². The monoisotopic (exact) mass is 489 g/mol. The Morgan fingerprint density at radius 3 is 2.54 bits per heavy atom. The summed E-state index contributed by atoms with van der Waals surface area (Å²) in [7, 11) is 1.50. The Morgan fingerprint density at radius 1 is 1.17 bits per heavy atom. The molecular weight excluding hydrogens is 449 g/mol. The topological polar surface area (TPSA) is 79.9 Å². The number of halogens is 1. The summed E-state index contributed by atoms with van der Waals surface area (Å²) in [4.78, 5) is 27.7. The maximum Gasteiger partial charge on any atom is 0.220 e. The smallest absolute Gasteiger partial charge is 0.220 e. The molecule has 0 unspecified atom stereocenters. The van der Waals surface area contributed by atoms with Gasteiger partial charge in [-0.2, -0.15) is 0 Å². The summed E-state index contributed by atoms with van der Waals surface area (Å²) in [6, 6.07) is 4.80. The maximum absolute atomic E-state index is 14.6. The lowest BCUT2D eigenvalue weighted by atomic mass is 9.84. The van der Waals surface area contributed by atoms with Crippen LogP contribution in [0.25, 0.3) is 0 Å². The first-order valence-electron chi connectivity index (χ1n) is 13.2. The van der Waals surface area contributed by atoms with E-state index in [9.17, 15) is 14.0 Å². The fourth-order valence-corrected chi connectivity index (χ4v) is 6.08. The maximum atomic E-state index is 14.6. The number of nitrogens with one attached hydrogen (secondary N) is 2. The number of methoxy groups -OCH3 is 1. The van der Waals surface area contributed by atoms with Crippen molar-refractivity contribution >= 4 is 11.8 Å². The summed E-state index contributed by atoms with van der Waals surface area (Å²) in [5.41, 5.74) is -0.0756. The first-order chi connectivity index (χ1) is 16.9. The summed E-state index contributed by atoms with van der Waals surface area (Å²) in [5, 5.41) is 6.30. The molecule has 2 amide bonds. The Bertz CT molecular complexity index is 881. The largest absolute Gasteiger partial charge is 0.497 e. The molecule has 4 rings (SSSR count).